The third-order valence-corrected chi connectivity index (χ3v) is 3.45. The molecular weight excluding hydrogens is 422 g/mol. The fraction of sp³-hybridized carbons (Fsp3) is 0.222. The molecule has 0 aliphatic carbocycles. The van der Waals surface area contributed by atoms with Crippen molar-refractivity contribution in [3.05, 3.63) is 53.6 Å². The molecule has 0 aliphatic rings. The van der Waals surface area contributed by atoms with Crippen LogP contribution >= 0.6 is 0 Å². The molecule has 162 valence electrons. The highest BCUT2D eigenvalue weighted by atomic mass is 19.4. The number of ether oxygens (including phenoxy) is 2. The summed E-state index contributed by atoms with van der Waals surface area (Å²) in [6, 6.07) is 6.28. The molecule has 0 saturated carbocycles. The second kappa shape index (κ2) is 8.93. The van der Waals surface area contributed by atoms with Crippen molar-refractivity contribution >= 4 is 17.5 Å². The third-order valence-electron chi connectivity index (χ3n) is 3.45. The fourth-order valence-electron chi connectivity index (χ4n) is 2.14. The van der Waals surface area contributed by atoms with Crippen LogP contribution in [0.3, 0.4) is 0 Å². The molecular formula is C18H14F6N2O4. The predicted octanol–water partition coefficient (Wildman–Crippen LogP) is 3.61. The van der Waals surface area contributed by atoms with Crippen molar-refractivity contribution in [1.29, 1.82) is 0 Å². The predicted molar refractivity (Wildman–Crippen MR) is 91.7 cm³/mol. The molecule has 0 fully saturated rings. The van der Waals surface area contributed by atoms with Crippen LogP contribution in [0.4, 0.5) is 32.0 Å². The second-order valence-electron chi connectivity index (χ2n) is 5.86. The summed E-state index contributed by atoms with van der Waals surface area (Å²) in [5.41, 5.74) is 2.06. The van der Waals surface area contributed by atoms with Crippen molar-refractivity contribution in [2.75, 3.05) is 18.5 Å². The van der Waals surface area contributed by atoms with Crippen LogP contribution in [0.15, 0.2) is 42.5 Å². The molecule has 2 rings (SSSR count). The van der Waals surface area contributed by atoms with Crippen molar-refractivity contribution in [2.24, 2.45) is 5.73 Å². The van der Waals surface area contributed by atoms with E-state index in [-0.39, 0.29) is 24.1 Å². The number of rotatable bonds is 7. The van der Waals surface area contributed by atoms with Gasteiger partial charge in [0.15, 0.2) is 13.2 Å². The number of benzene rings is 2. The molecule has 0 saturated heterocycles. The lowest BCUT2D eigenvalue weighted by molar-refractivity contribution is -0.143. The van der Waals surface area contributed by atoms with Gasteiger partial charge in [-0.1, -0.05) is 0 Å². The van der Waals surface area contributed by atoms with Gasteiger partial charge in [0.1, 0.15) is 11.5 Å². The molecule has 0 radical (unpaired) electrons. The molecule has 0 heterocycles. The Kier molecular flexibility index (Phi) is 6.80. The quantitative estimate of drug-likeness (QED) is 0.649. The summed E-state index contributed by atoms with van der Waals surface area (Å²) in [7, 11) is 0. The first-order valence-electron chi connectivity index (χ1n) is 8.08. The maximum absolute atomic E-state index is 12.8. The molecule has 2 aromatic carbocycles. The Morgan fingerprint density at radius 1 is 0.800 bits per heavy atom. The van der Waals surface area contributed by atoms with E-state index < -0.39 is 47.7 Å². The average Bonchev–Trinajstić information content (AvgIpc) is 2.64. The standard InChI is InChI=1S/C18H14F6N2O4/c19-17(20,21)10-5-11(18(22,23)24)7-14(6-10)30-9-16(28)26-12-1-3-13(4-2-12)29-8-15(25)27/h1-7H,8-9H2,(H2,25,27)(H,26,28). The zero-order valence-corrected chi connectivity index (χ0v) is 14.9. The Bertz CT molecular complexity index is 878. The highest BCUT2D eigenvalue weighted by molar-refractivity contribution is 5.91. The van der Waals surface area contributed by atoms with Crippen LogP contribution in [0.5, 0.6) is 11.5 Å². The Hall–Kier alpha value is -3.44. The number of alkyl halides is 6. The van der Waals surface area contributed by atoms with Crippen LogP contribution in [0, 0.1) is 0 Å². The molecule has 30 heavy (non-hydrogen) atoms. The summed E-state index contributed by atoms with van der Waals surface area (Å²) in [4.78, 5) is 22.5. The second-order valence-corrected chi connectivity index (χ2v) is 5.86. The largest absolute Gasteiger partial charge is 0.484 e. The summed E-state index contributed by atoms with van der Waals surface area (Å²) in [6.45, 7) is -1.19. The first-order chi connectivity index (χ1) is 13.8. The van der Waals surface area contributed by atoms with Gasteiger partial charge < -0.3 is 20.5 Å². The van der Waals surface area contributed by atoms with Crippen LogP contribution in [0.1, 0.15) is 11.1 Å². The van der Waals surface area contributed by atoms with Crippen LogP contribution in [-0.4, -0.2) is 25.0 Å². The highest BCUT2D eigenvalue weighted by Crippen LogP contribution is 2.38. The summed E-state index contributed by atoms with van der Waals surface area (Å²) >= 11 is 0. The summed E-state index contributed by atoms with van der Waals surface area (Å²) < 4.78 is 86.7. The number of anilines is 1. The van der Waals surface area contributed by atoms with E-state index in [4.69, 9.17) is 15.2 Å². The number of nitrogens with one attached hydrogen (secondary N) is 1. The van der Waals surface area contributed by atoms with E-state index in [1.807, 2.05) is 0 Å². The van der Waals surface area contributed by atoms with Gasteiger partial charge in [-0.2, -0.15) is 26.3 Å². The van der Waals surface area contributed by atoms with Gasteiger partial charge in [0.25, 0.3) is 11.8 Å². The summed E-state index contributed by atoms with van der Waals surface area (Å²) in [5, 5.41) is 2.34. The number of hydrogen-bond donors (Lipinski definition) is 2. The molecule has 0 aromatic heterocycles. The van der Waals surface area contributed by atoms with E-state index in [2.05, 4.69) is 5.32 Å². The summed E-state index contributed by atoms with van der Waals surface area (Å²) in [6.07, 6.45) is -10.1. The van der Waals surface area contributed by atoms with Crippen molar-refractivity contribution in [3.63, 3.8) is 0 Å². The number of primary amides is 1. The van der Waals surface area contributed by atoms with Crippen LogP contribution in [-0.2, 0) is 21.9 Å². The van der Waals surface area contributed by atoms with Gasteiger partial charge in [0, 0.05) is 5.69 Å². The smallest absolute Gasteiger partial charge is 0.416 e. The van der Waals surface area contributed by atoms with E-state index in [0.29, 0.717) is 12.1 Å². The number of halogens is 6. The van der Waals surface area contributed by atoms with Gasteiger partial charge in [-0.3, -0.25) is 9.59 Å². The number of hydrogen-bond acceptors (Lipinski definition) is 4. The van der Waals surface area contributed by atoms with E-state index in [0.717, 1.165) is 0 Å². The Balaban J connectivity index is 2.02. The van der Waals surface area contributed by atoms with E-state index in [1.54, 1.807) is 0 Å². The summed E-state index contributed by atoms with van der Waals surface area (Å²) in [5.74, 6) is -1.99. The normalized spacial score (nSPS) is 11.7. The highest BCUT2D eigenvalue weighted by Gasteiger charge is 2.37. The third kappa shape index (κ3) is 6.87. The number of carbonyl (C=O) groups excluding carboxylic acids is 2. The molecule has 0 aliphatic heterocycles. The van der Waals surface area contributed by atoms with Crippen molar-refractivity contribution in [3.8, 4) is 11.5 Å². The van der Waals surface area contributed by atoms with Crippen LogP contribution in [0.25, 0.3) is 0 Å². The maximum Gasteiger partial charge on any atom is 0.416 e. The number of amides is 2. The average molecular weight is 436 g/mol. The molecule has 6 nitrogen and oxygen atoms in total. The number of nitrogens with two attached hydrogens (primary N) is 1. The fourth-order valence-corrected chi connectivity index (χ4v) is 2.14. The molecule has 12 heteroatoms. The van der Waals surface area contributed by atoms with E-state index in [1.165, 1.54) is 24.3 Å². The lowest BCUT2D eigenvalue weighted by Gasteiger charge is -2.15. The first-order valence-corrected chi connectivity index (χ1v) is 8.08. The Morgan fingerprint density at radius 2 is 1.30 bits per heavy atom. The Labute approximate surface area is 165 Å². The van der Waals surface area contributed by atoms with Gasteiger partial charge >= 0.3 is 12.4 Å². The zero-order chi connectivity index (χ0) is 22.5. The van der Waals surface area contributed by atoms with E-state index in [9.17, 15) is 35.9 Å². The monoisotopic (exact) mass is 436 g/mol. The minimum Gasteiger partial charge on any atom is -0.484 e. The molecule has 0 unspecified atom stereocenters. The minimum absolute atomic E-state index is 0.0468. The van der Waals surface area contributed by atoms with Gasteiger partial charge in [-0.15, -0.1) is 0 Å². The van der Waals surface area contributed by atoms with Crippen LogP contribution < -0.4 is 20.5 Å². The van der Waals surface area contributed by atoms with Gasteiger partial charge in [-0.05, 0) is 42.5 Å². The first kappa shape index (κ1) is 22.8. The van der Waals surface area contributed by atoms with E-state index >= 15 is 0 Å². The molecule has 2 aromatic rings. The van der Waals surface area contributed by atoms with Crippen LogP contribution in [0.2, 0.25) is 0 Å². The van der Waals surface area contributed by atoms with Crippen molar-refractivity contribution < 1.29 is 45.4 Å². The van der Waals surface area contributed by atoms with Crippen molar-refractivity contribution in [2.45, 2.75) is 12.4 Å². The molecule has 2 amide bonds. The number of carbonyl (C=O) groups is 2. The molecule has 0 spiro atoms. The minimum atomic E-state index is -5.03. The van der Waals surface area contributed by atoms with Crippen molar-refractivity contribution in [1.82, 2.24) is 0 Å². The van der Waals surface area contributed by atoms with Gasteiger partial charge in [0.2, 0.25) is 0 Å². The van der Waals surface area contributed by atoms with Gasteiger partial charge in [-0.25, -0.2) is 0 Å². The topological polar surface area (TPSA) is 90.7 Å². The zero-order valence-electron chi connectivity index (χ0n) is 14.9. The van der Waals surface area contributed by atoms with Gasteiger partial charge in [0.05, 0.1) is 11.1 Å². The lowest BCUT2D eigenvalue weighted by atomic mass is 10.1. The Morgan fingerprint density at radius 3 is 1.77 bits per heavy atom. The molecule has 3 N–H and O–H groups in total. The SMILES string of the molecule is NC(=O)COc1ccc(NC(=O)COc2cc(C(F)(F)F)cc(C(F)(F)F)c2)cc1. The molecule has 0 bridgehead atoms. The maximum atomic E-state index is 12.8. The lowest BCUT2D eigenvalue weighted by Crippen LogP contribution is -2.21. The molecule has 0 atom stereocenters.